The molecule has 1 heterocycles. The highest BCUT2D eigenvalue weighted by atomic mass is 14.9. The van der Waals surface area contributed by atoms with Crippen LogP contribution in [0.5, 0.6) is 0 Å². The quantitative estimate of drug-likeness (QED) is 0.707. The predicted molar refractivity (Wildman–Crippen MR) is 63.9 cm³/mol. The molecule has 1 aromatic heterocycles. The van der Waals surface area contributed by atoms with Crippen molar-refractivity contribution in [3.05, 3.63) is 18.2 Å². The van der Waals surface area contributed by atoms with Crippen LogP contribution in [0.4, 0.5) is 0 Å². The number of imidazole rings is 1. The summed E-state index contributed by atoms with van der Waals surface area (Å²) in [5.74, 6) is 0. The van der Waals surface area contributed by atoms with E-state index in [4.69, 9.17) is 0 Å². The third kappa shape index (κ3) is 6.28. The van der Waals surface area contributed by atoms with Gasteiger partial charge in [0.15, 0.2) is 0 Å². The number of hydrogen-bond donors (Lipinski definition) is 2. The van der Waals surface area contributed by atoms with E-state index in [1.54, 1.807) is 6.33 Å². The first-order valence-corrected chi connectivity index (χ1v) is 5.80. The second kappa shape index (κ2) is 5.91. The standard InChI is InChI=1S/C12H23N3/c1-12(2,3)15-8-6-4-5-7-11-9-13-10-14-11/h9-10,15H,4-8H2,1-3H3,(H,13,14). The van der Waals surface area contributed by atoms with E-state index < -0.39 is 0 Å². The average molecular weight is 209 g/mol. The van der Waals surface area contributed by atoms with Crippen LogP contribution in [0.3, 0.4) is 0 Å². The molecule has 3 nitrogen and oxygen atoms in total. The van der Waals surface area contributed by atoms with Gasteiger partial charge in [-0.15, -0.1) is 0 Å². The molecule has 0 aliphatic carbocycles. The fourth-order valence-electron chi connectivity index (χ4n) is 1.50. The van der Waals surface area contributed by atoms with E-state index in [9.17, 15) is 0 Å². The average Bonchev–Trinajstić information content (AvgIpc) is 2.61. The van der Waals surface area contributed by atoms with Crippen molar-refractivity contribution in [2.75, 3.05) is 6.54 Å². The van der Waals surface area contributed by atoms with Gasteiger partial charge in [0.1, 0.15) is 0 Å². The number of nitrogens with zero attached hydrogens (tertiary/aromatic N) is 1. The third-order valence-corrected chi connectivity index (χ3v) is 2.33. The van der Waals surface area contributed by atoms with Crippen molar-refractivity contribution in [2.24, 2.45) is 0 Å². The Morgan fingerprint density at radius 2 is 2.07 bits per heavy atom. The second-order valence-corrected chi connectivity index (χ2v) is 5.06. The van der Waals surface area contributed by atoms with Gasteiger partial charge in [-0.05, 0) is 46.6 Å². The minimum absolute atomic E-state index is 0.253. The smallest absolute Gasteiger partial charge is 0.0921 e. The molecule has 0 amide bonds. The Kier molecular flexibility index (Phi) is 4.82. The minimum atomic E-state index is 0.253. The van der Waals surface area contributed by atoms with Crippen molar-refractivity contribution in [3.8, 4) is 0 Å². The van der Waals surface area contributed by atoms with E-state index in [2.05, 4.69) is 36.1 Å². The molecule has 86 valence electrons. The summed E-state index contributed by atoms with van der Waals surface area (Å²) in [5.41, 5.74) is 1.50. The number of hydrogen-bond acceptors (Lipinski definition) is 2. The summed E-state index contributed by atoms with van der Waals surface area (Å²) in [5, 5.41) is 3.50. The second-order valence-electron chi connectivity index (χ2n) is 5.06. The van der Waals surface area contributed by atoms with E-state index >= 15 is 0 Å². The third-order valence-electron chi connectivity index (χ3n) is 2.33. The summed E-state index contributed by atoms with van der Waals surface area (Å²) in [6.45, 7) is 7.74. The molecule has 0 fully saturated rings. The normalized spacial score (nSPS) is 11.9. The molecular formula is C12H23N3. The number of nitrogens with one attached hydrogen (secondary N) is 2. The first kappa shape index (κ1) is 12.2. The van der Waals surface area contributed by atoms with Gasteiger partial charge in [-0.3, -0.25) is 0 Å². The van der Waals surface area contributed by atoms with E-state index in [-0.39, 0.29) is 5.54 Å². The molecule has 1 rings (SSSR count). The molecule has 0 aliphatic heterocycles. The maximum absolute atomic E-state index is 4.00. The van der Waals surface area contributed by atoms with Gasteiger partial charge >= 0.3 is 0 Å². The Balaban J connectivity index is 1.94. The van der Waals surface area contributed by atoms with Gasteiger partial charge in [-0.1, -0.05) is 6.42 Å². The highest BCUT2D eigenvalue weighted by Gasteiger charge is 2.06. The number of rotatable bonds is 6. The van der Waals surface area contributed by atoms with Gasteiger partial charge in [0.2, 0.25) is 0 Å². The van der Waals surface area contributed by atoms with Crippen molar-refractivity contribution in [2.45, 2.75) is 52.0 Å². The monoisotopic (exact) mass is 209 g/mol. The first-order valence-electron chi connectivity index (χ1n) is 5.80. The summed E-state index contributed by atoms with van der Waals surface area (Å²) in [7, 11) is 0. The fraction of sp³-hybridized carbons (Fsp3) is 0.750. The topological polar surface area (TPSA) is 40.7 Å². The maximum Gasteiger partial charge on any atom is 0.0921 e. The number of aromatic nitrogens is 2. The molecule has 0 saturated heterocycles. The van der Waals surface area contributed by atoms with Gasteiger partial charge in [-0.25, -0.2) is 4.98 Å². The molecule has 0 radical (unpaired) electrons. The van der Waals surface area contributed by atoms with Crippen molar-refractivity contribution >= 4 is 0 Å². The van der Waals surface area contributed by atoms with E-state index in [0.717, 1.165) is 13.0 Å². The summed E-state index contributed by atoms with van der Waals surface area (Å²) >= 11 is 0. The zero-order chi connectivity index (χ0) is 11.1. The number of aromatic amines is 1. The van der Waals surface area contributed by atoms with Crippen LogP contribution in [0.25, 0.3) is 0 Å². The molecule has 2 N–H and O–H groups in total. The Labute approximate surface area is 92.7 Å². The van der Waals surface area contributed by atoms with Gasteiger partial charge in [0.05, 0.1) is 6.33 Å². The van der Waals surface area contributed by atoms with E-state index in [0.29, 0.717) is 0 Å². The lowest BCUT2D eigenvalue weighted by atomic mass is 10.1. The van der Waals surface area contributed by atoms with Crippen LogP contribution in [-0.4, -0.2) is 22.1 Å². The van der Waals surface area contributed by atoms with Gasteiger partial charge in [0, 0.05) is 17.4 Å². The van der Waals surface area contributed by atoms with Crippen molar-refractivity contribution in [1.82, 2.24) is 15.3 Å². The fourth-order valence-corrected chi connectivity index (χ4v) is 1.50. The molecular weight excluding hydrogens is 186 g/mol. The van der Waals surface area contributed by atoms with Crippen LogP contribution >= 0.6 is 0 Å². The highest BCUT2D eigenvalue weighted by Crippen LogP contribution is 2.04. The zero-order valence-corrected chi connectivity index (χ0v) is 10.1. The Morgan fingerprint density at radius 1 is 1.27 bits per heavy atom. The molecule has 0 bridgehead atoms. The van der Waals surface area contributed by atoms with Crippen molar-refractivity contribution < 1.29 is 0 Å². The van der Waals surface area contributed by atoms with Crippen LogP contribution in [-0.2, 0) is 6.42 Å². The number of H-pyrrole nitrogens is 1. The van der Waals surface area contributed by atoms with Gasteiger partial charge in [0.25, 0.3) is 0 Å². The molecule has 0 aromatic carbocycles. The first-order chi connectivity index (χ1) is 7.08. The van der Waals surface area contributed by atoms with E-state index in [1.807, 2.05) is 6.20 Å². The van der Waals surface area contributed by atoms with Crippen LogP contribution in [0.1, 0.15) is 45.7 Å². The lowest BCUT2D eigenvalue weighted by Crippen LogP contribution is -2.36. The SMILES string of the molecule is CC(C)(C)NCCCCCc1cnc[nH]1. The molecule has 15 heavy (non-hydrogen) atoms. The van der Waals surface area contributed by atoms with Crippen LogP contribution in [0.2, 0.25) is 0 Å². The van der Waals surface area contributed by atoms with Crippen LogP contribution in [0.15, 0.2) is 12.5 Å². The van der Waals surface area contributed by atoms with Gasteiger partial charge < -0.3 is 10.3 Å². The van der Waals surface area contributed by atoms with E-state index in [1.165, 1.54) is 25.0 Å². The summed E-state index contributed by atoms with van der Waals surface area (Å²) in [6, 6.07) is 0. The summed E-state index contributed by atoms with van der Waals surface area (Å²) in [4.78, 5) is 7.13. The van der Waals surface area contributed by atoms with Gasteiger partial charge in [-0.2, -0.15) is 0 Å². The largest absolute Gasteiger partial charge is 0.348 e. The van der Waals surface area contributed by atoms with Crippen molar-refractivity contribution in [1.29, 1.82) is 0 Å². The summed E-state index contributed by atoms with van der Waals surface area (Å²) in [6.07, 6.45) is 8.56. The molecule has 0 unspecified atom stereocenters. The molecule has 0 aliphatic rings. The number of aryl methyl sites for hydroxylation is 1. The van der Waals surface area contributed by atoms with Crippen LogP contribution < -0.4 is 5.32 Å². The maximum atomic E-state index is 4.00. The molecule has 0 atom stereocenters. The minimum Gasteiger partial charge on any atom is -0.348 e. The highest BCUT2D eigenvalue weighted by molar-refractivity contribution is 4.93. The Hall–Kier alpha value is -0.830. The molecule has 1 aromatic rings. The number of unbranched alkanes of at least 4 members (excludes halogenated alkanes) is 2. The summed E-state index contributed by atoms with van der Waals surface area (Å²) < 4.78 is 0. The predicted octanol–water partition coefficient (Wildman–Crippen LogP) is 2.51. The Bertz CT molecular complexity index is 246. The Morgan fingerprint density at radius 3 is 2.67 bits per heavy atom. The lowest BCUT2D eigenvalue weighted by molar-refractivity contribution is 0.417. The lowest BCUT2D eigenvalue weighted by Gasteiger charge is -2.20. The van der Waals surface area contributed by atoms with Crippen molar-refractivity contribution in [3.63, 3.8) is 0 Å². The molecule has 0 spiro atoms. The molecule has 0 saturated carbocycles. The molecule has 3 heteroatoms. The zero-order valence-electron chi connectivity index (χ0n) is 10.1. The van der Waals surface area contributed by atoms with Crippen LogP contribution in [0, 0.1) is 0 Å².